The molecule has 2 aromatic heterocycles. The van der Waals surface area contributed by atoms with Gasteiger partial charge in [0.25, 0.3) is 5.56 Å². The molecule has 2 aromatic rings. The monoisotopic (exact) mass is 310 g/mol. The molecule has 0 aliphatic carbocycles. The number of rotatable bonds is 7. The van der Waals surface area contributed by atoms with Crippen molar-refractivity contribution in [3.63, 3.8) is 0 Å². The maximum atomic E-state index is 11.9. The van der Waals surface area contributed by atoms with E-state index in [4.69, 9.17) is 4.74 Å². The molecule has 0 aliphatic rings. The van der Waals surface area contributed by atoms with Crippen molar-refractivity contribution < 1.29 is 9.53 Å². The van der Waals surface area contributed by atoms with Crippen LogP contribution in [0.4, 0.5) is 0 Å². The van der Waals surface area contributed by atoms with Crippen LogP contribution in [0.25, 0.3) is 4.96 Å². The molecule has 0 fully saturated rings. The molecule has 21 heavy (non-hydrogen) atoms. The summed E-state index contributed by atoms with van der Waals surface area (Å²) in [7, 11) is 0. The Morgan fingerprint density at radius 3 is 3.00 bits per heavy atom. The van der Waals surface area contributed by atoms with Gasteiger partial charge in [-0.3, -0.25) is 14.5 Å². The zero-order chi connectivity index (χ0) is 15.2. The van der Waals surface area contributed by atoms with E-state index in [0.717, 1.165) is 13.0 Å². The highest BCUT2D eigenvalue weighted by Crippen LogP contribution is 2.07. The van der Waals surface area contributed by atoms with E-state index in [9.17, 15) is 9.59 Å². The smallest absolute Gasteiger partial charge is 0.320 e. The first-order chi connectivity index (χ1) is 10.1. The lowest BCUT2D eigenvalue weighted by atomic mass is 10.3. The lowest BCUT2D eigenvalue weighted by molar-refractivity contribution is -0.144. The fraction of sp³-hybridized carbons (Fsp3) is 0.538. The Hall–Kier alpha value is -1.80. The van der Waals surface area contributed by atoms with E-state index in [1.807, 2.05) is 11.8 Å². The lowest BCUT2D eigenvalue weighted by Crippen LogP contribution is -2.32. The van der Waals surface area contributed by atoms with E-state index in [1.54, 1.807) is 12.4 Å². The van der Waals surface area contributed by atoms with Gasteiger partial charge < -0.3 is 4.74 Å². The SMILES string of the molecule is CCCN(CC(=O)OCC)Cc1cc(=O)n2ncsc2n1. The number of aromatic nitrogens is 3. The minimum Gasteiger partial charge on any atom is -0.465 e. The Morgan fingerprint density at radius 2 is 2.29 bits per heavy atom. The number of carbonyl (C=O) groups is 1. The lowest BCUT2D eigenvalue weighted by Gasteiger charge is -2.19. The molecule has 0 N–H and O–H groups in total. The molecule has 0 spiro atoms. The summed E-state index contributed by atoms with van der Waals surface area (Å²) in [6.07, 6.45) is 0.904. The van der Waals surface area contributed by atoms with Crippen LogP contribution in [-0.2, 0) is 16.1 Å². The minimum atomic E-state index is -0.262. The van der Waals surface area contributed by atoms with Crippen molar-refractivity contribution in [3.8, 4) is 0 Å². The molecule has 7 nitrogen and oxygen atoms in total. The molecule has 2 heterocycles. The van der Waals surface area contributed by atoms with Crippen LogP contribution in [0.5, 0.6) is 0 Å². The van der Waals surface area contributed by atoms with Gasteiger partial charge >= 0.3 is 5.97 Å². The average molecular weight is 310 g/mol. The summed E-state index contributed by atoms with van der Waals surface area (Å²) < 4.78 is 6.23. The van der Waals surface area contributed by atoms with Crippen molar-refractivity contribution in [2.75, 3.05) is 19.7 Å². The highest BCUT2D eigenvalue weighted by atomic mass is 32.1. The quantitative estimate of drug-likeness (QED) is 0.708. The number of carbonyl (C=O) groups excluding carboxylic acids is 1. The van der Waals surface area contributed by atoms with Crippen molar-refractivity contribution >= 4 is 22.3 Å². The Labute approximate surface area is 126 Å². The summed E-state index contributed by atoms with van der Waals surface area (Å²) in [5.74, 6) is -0.262. The molecule has 0 aliphatic heterocycles. The molecule has 0 aromatic carbocycles. The number of esters is 1. The first-order valence-electron chi connectivity index (χ1n) is 6.84. The maximum absolute atomic E-state index is 11.9. The van der Waals surface area contributed by atoms with Crippen molar-refractivity contribution in [2.24, 2.45) is 0 Å². The third kappa shape index (κ3) is 4.08. The predicted molar refractivity (Wildman–Crippen MR) is 79.3 cm³/mol. The van der Waals surface area contributed by atoms with Crippen LogP contribution < -0.4 is 5.56 Å². The molecular weight excluding hydrogens is 292 g/mol. The summed E-state index contributed by atoms with van der Waals surface area (Å²) in [5.41, 5.74) is 2.02. The Balaban J connectivity index is 2.14. The summed E-state index contributed by atoms with van der Waals surface area (Å²) in [6, 6.07) is 1.46. The molecule has 0 atom stereocenters. The van der Waals surface area contributed by atoms with Gasteiger partial charge in [-0.25, -0.2) is 4.98 Å². The Bertz CT molecular complexity index is 667. The van der Waals surface area contributed by atoms with Crippen molar-refractivity contribution in [2.45, 2.75) is 26.8 Å². The average Bonchev–Trinajstić information content (AvgIpc) is 2.88. The second-order valence-electron chi connectivity index (χ2n) is 4.53. The van der Waals surface area contributed by atoms with Crippen LogP contribution in [0.3, 0.4) is 0 Å². The van der Waals surface area contributed by atoms with Gasteiger partial charge in [0, 0.05) is 12.6 Å². The predicted octanol–water partition coefficient (Wildman–Crippen LogP) is 0.926. The molecular formula is C13H18N4O3S. The van der Waals surface area contributed by atoms with Crippen LogP contribution in [0.2, 0.25) is 0 Å². The van der Waals surface area contributed by atoms with Gasteiger partial charge in [-0.05, 0) is 19.9 Å². The summed E-state index contributed by atoms with van der Waals surface area (Å²) in [6.45, 7) is 5.56. The highest BCUT2D eigenvalue weighted by Gasteiger charge is 2.13. The number of ether oxygens (including phenoxy) is 1. The van der Waals surface area contributed by atoms with Crippen LogP contribution in [-0.4, -0.2) is 45.2 Å². The highest BCUT2D eigenvalue weighted by molar-refractivity contribution is 7.14. The zero-order valence-electron chi connectivity index (χ0n) is 12.1. The van der Waals surface area contributed by atoms with E-state index in [-0.39, 0.29) is 18.1 Å². The normalized spacial score (nSPS) is 11.2. The summed E-state index contributed by atoms with van der Waals surface area (Å²) in [5, 5.41) is 3.92. The van der Waals surface area contributed by atoms with Crippen molar-refractivity contribution in [1.82, 2.24) is 19.5 Å². The molecule has 0 saturated carbocycles. The number of hydrogen-bond acceptors (Lipinski definition) is 7. The number of hydrogen-bond donors (Lipinski definition) is 0. The van der Waals surface area contributed by atoms with Gasteiger partial charge in [0.05, 0.1) is 18.8 Å². The number of nitrogens with zero attached hydrogens (tertiary/aromatic N) is 4. The summed E-state index contributed by atoms with van der Waals surface area (Å²) in [4.78, 5) is 30.4. The van der Waals surface area contributed by atoms with Gasteiger partial charge in [-0.1, -0.05) is 18.3 Å². The Morgan fingerprint density at radius 1 is 1.48 bits per heavy atom. The van der Waals surface area contributed by atoms with Gasteiger partial charge in [0.2, 0.25) is 4.96 Å². The van der Waals surface area contributed by atoms with Crippen molar-refractivity contribution in [1.29, 1.82) is 0 Å². The molecule has 114 valence electrons. The molecule has 0 bridgehead atoms. The Kier molecular flexibility index (Phi) is 5.40. The second-order valence-corrected chi connectivity index (χ2v) is 5.35. The third-order valence-corrected chi connectivity index (χ3v) is 3.50. The van der Waals surface area contributed by atoms with E-state index in [1.165, 1.54) is 21.9 Å². The van der Waals surface area contributed by atoms with Gasteiger partial charge in [-0.2, -0.15) is 9.61 Å². The molecule has 0 saturated heterocycles. The van der Waals surface area contributed by atoms with Gasteiger partial charge in [0.1, 0.15) is 5.51 Å². The van der Waals surface area contributed by atoms with Crippen LogP contribution >= 0.6 is 11.3 Å². The molecule has 8 heteroatoms. The fourth-order valence-corrected chi connectivity index (χ4v) is 2.67. The maximum Gasteiger partial charge on any atom is 0.320 e. The van der Waals surface area contributed by atoms with E-state index in [0.29, 0.717) is 23.8 Å². The first kappa shape index (κ1) is 15.6. The minimum absolute atomic E-state index is 0.200. The summed E-state index contributed by atoms with van der Waals surface area (Å²) >= 11 is 1.31. The largest absolute Gasteiger partial charge is 0.465 e. The van der Waals surface area contributed by atoms with Crippen LogP contribution in [0, 0.1) is 0 Å². The van der Waals surface area contributed by atoms with Crippen LogP contribution in [0.1, 0.15) is 26.0 Å². The van der Waals surface area contributed by atoms with E-state index < -0.39 is 0 Å². The second kappa shape index (κ2) is 7.28. The zero-order valence-corrected chi connectivity index (χ0v) is 12.9. The van der Waals surface area contributed by atoms with Crippen LogP contribution in [0.15, 0.2) is 16.4 Å². The topological polar surface area (TPSA) is 76.8 Å². The molecule has 2 rings (SSSR count). The molecule has 0 unspecified atom stereocenters. The third-order valence-electron chi connectivity index (χ3n) is 2.82. The molecule has 0 radical (unpaired) electrons. The van der Waals surface area contributed by atoms with Gasteiger partial charge in [0.15, 0.2) is 0 Å². The fourth-order valence-electron chi connectivity index (χ4n) is 2.03. The van der Waals surface area contributed by atoms with Gasteiger partial charge in [-0.15, -0.1) is 0 Å². The molecule has 0 amide bonds. The van der Waals surface area contributed by atoms with E-state index >= 15 is 0 Å². The van der Waals surface area contributed by atoms with Crippen molar-refractivity contribution in [3.05, 3.63) is 27.6 Å². The number of fused-ring (bicyclic) bond motifs is 1. The first-order valence-corrected chi connectivity index (χ1v) is 7.72. The van der Waals surface area contributed by atoms with E-state index in [2.05, 4.69) is 10.1 Å². The standard InChI is InChI=1S/C13H18N4O3S/c1-3-5-16(8-12(19)20-4-2)7-10-6-11(18)17-13(15-10)21-9-14-17/h6,9H,3-5,7-8H2,1-2H3.